The van der Waals surface area contributed by atoms with Crippen LogP contribution in [0.2, 0.25) is 0 Å². The SMILES string of the molecule is COc1cc(F)c(C(=O)Nc2c(C)noc2C)cc1OC1CCCC1. The van der Waals surface area contributed by atoms with E-state index >= 15 is 0 Å². The lowest BCUT2D eigenvalue weighted by molar-refractivity contribution is 0.102. The molecule has 1 aromatic carbocycles. The van der Waals surface area contributed by atoms with E-state index in [1.165, 1.54) is 19.2 Å². The Hall–Kier alpha value is -2.57. The Bertz CT molecular complexity index is 762. The topological polar surface area (TPSA) is 73.6 Å². The first-order valence-electron chi connectivity index (χ1n) is 8.28. The molecule has 0 spiro atoms. The lowest BCUT2D eigenvalue weighted by atomic mass is 10.1. The van der Waals surface area contributed by atoms with Crippen molar-refractivity contribution in [3.63, 3.8) is 0 Å². The van der Waals surface area contributed by atoms with Gasteiger partial charge in [0.2, 0.25) is 0 Å². The third kappa shape index (κ3) is 3.60. The molecule has 1 heterocycles. The molecule has 1 N–H and O–H groups in total. The molecule has 1 saturated carbocycles. The van der Waals surface area contributed by atoms with Crippen LogP contribution in [0.15, 0.2) is 16.7 Å². The molecule has 134 valence electrons. The van der Waals surface area contributed by atoms with Gasteiger partial charge >= 0.3 is 0 Å². The number of methoxy groups -OCH3 is 1. The number of nitrogens with zero attached hydrogens (tertiary/aromatic N) is 1. The summed E-state index contributed by atoms with van der Waals surface area (Å²) >= 11 is 0. The van der Waals surface area contributed by atoms with Crippen LogP contribution in [0.25, 0.3) is 0 Å². The zero-order chi connectivity index (χ0) is 18.0. The lowest BCUT2D eigenvalue weighted by Crippen LogP contribution is -2.17. The molecule has 0 radical (unpaired) electrons. The van der Waals surface area contributed by atoms with Crippen molar-refractivity contribution in [1.82, 2.24) is 5.16 Å². The van der Waals surface area contributed by atoms with E-state index in [4.69, 9.17) is 14.0 Å². The van der Waals surface area contributed by atoms with E-state index in [0.717, 1.165) is 25.7 Å². The van der Waals surface area contributed by atoms with E-state index in [9.17, 15) is 9.18 Å². The zero-order valence-electron chi connectivity index (χ0n) is 14.5. The first kappa shape index (κ1) is 17.3. The number of amides is 1. The van der Waals surface area contributed by atoms with Crippen LogP contribution in [0.1, 0.15) is 47.5 Å². The molecule has 0 aliphatic heterocycles. The van der Waals surface area contributed by atoms with E-state index in [1.54, 1.807) is 13.8 Å². The van der Waals surface area contributed by atoms with Crippen LogP contribution in [-0.2, 0) is 0 Å². The van der Waals surface area contributed by atoms with Crippen molar-refractivity contribution >= 4 is 11.6 Å². The molecular weight excluding hydrogens is 327 g/mol. The molecule has 1 fully saturated rings. The Kier molecular flexibility index (Phi) is 4.92. The predicted molar refractivity (Wildman–Crippen MR) is 89.8 cm³/mol. The number of anilines is 1. The number of halogens is 1. The maximum atomic E-state index is 14.4. The van der Waals surface area contributed by atoms with Gasteiger partial charge in [-0.25, -0.2) is 4.39 Å². The average molecular weight is 348 g/mol. The van der Waals surface area contributed by atoms with Crippen molar-refractivity contribution in [2.75, 3.05) is 12.4 Å². The maximum Gasteiger partial charge on any atom is 0.258 e. The predicted octanol–water partition coefficient (Wildman–Crippen LogP) is 4.01. The number of carbonyl (C=O) groups is 1. The summed E-state index contributed by atoms with van der Waals surface area (Å²) in [5.41, 5.74) is 0.856. The normalized spacial score (nSPS) is 14.6. The highest BCUT2D eigenvalue weighted by Crippen LogP contribution is 2.34. The van der Waals surface area contributed by atoms with Gasteiger partial charge in [0, 0.05) is 6.07 Å². The van der Waals surface area contributed by atoms with Gasteiger partial charge in [0.15, 0.2) is 17.3 Å². The van der Waals surface area contributed by atoms with Crippen LogP contribution in [0, 0.1) is 19.7 Å². The summed E-state index contributed by atoms with van der Waals surface area (Å²) in [4.78, 5) is 12.5. The second kappa shape index (κ2) is 7.13. The van der Waals surface area contributed by atoms with Crippen LogP contribution in [0.5, 0.6) is 11.5 Å². The number of nitrogens with one attached hydrogen (secondary N) is 1. The van der Waals surface area contributed by atoms with Crippen molar-refractivity contribution in [3.05, 3.63) is 35.0 Å². The third-order valence-corrected chi connectivity index (χ3v) is 4.37. The second-order valence-electron chi connectivity index (χ2n) is 6.16. The highest BCUT2D eigenvalue weighted by molar-refractivity contribution is 6.05. The molecule has 1 amide bonds. The molecule has 1 aliphatic carbocycles. The van der Waals surface area contributed by atoms with Gasteiger partial charge in [0.05, 0.1) is 18.8 Å². The number of rotatable bonds is 5. The Labute approximate surface area is 145 Å². The molecule has 1 aromatic heterocycles. The number of ether oxygens (including phenoxy) is 2. The summed E-state index contributed by atoms with van der Waals surface area (Å²) < 4.78 is 30.5. The van der Waals surface area contributed by atoms with E-state index in [2.05, 4.69) is 10.5 Å². The van der Waals surface area contributed by atoms with Crippen molar-refractivity contribution in [2.45, 2.75) is 45.6 Å². The zero-order valence-corrected chi connectivity index (χ0v) is 14.5. The Balaban J connectivity index is 1.88. The van der Waals surface area contributed by atoms with Crippen LogP contribution in [0.4, 0.5) is 10.1 Å². The van der Waals surface area contributed by atoms with Gasteiger partial charge in [-0.1, -0.05) is 5.16 Å². The summed E-state index contributed by atoms with van der Waals surface area (Å²) in [6, 6.07) is 2.56. The highest BCUT2D eigenvalue weighted by Gasteiger charge is 2.23. The molecule has 0 saturated heterocycles. The monoisotopic (exact) mass is 348 g/mol. The minimum Gasteiger partial charge on any atom is -0.493 e. The molecule has 7 heteroatoms. The van der Waals surface area contributed by atoms with Gasteiger partial charge in [-0.15, -0.1) is 0 Å². The quantitative estimate of drug-likeness (QED) is 0.884. The largest absolute Gasteiger partial charge is 0.493 e. The minimum atomic E-state index is -0.681. The van der Waals surface area contributed by atoms with Crippen molar-refractivity contribution < 1.29 is 23.2 Å². The van der Waals surface area contributed by atoms with Crippen molar-refractivity contribution in [3.8, 4) is 11.5 Å². The summed E-state index contributed by atoms with van der Waals surface area (Å²) in [6.45, 7) is 3.37. The summed E-state index contributed by atoms with van der Waals surface area (Å²) in [7, 11) is 1.44. The number of aryl methyl sites for hydroxylation is 2. The van der Waals surface area contributed by atoms with E-state index in [-0.39, 0.29) is 17.4 Å². The molecular formula is C18H21FN2O4. The van der Waals surface area contributed by atoms with Gasteiger partial charge in [0.25, 0.3) is 5.91 Å². The third-order valence-electron chi connectivity index (χ3n) is 4.37. The highest BCUT2D eigenvalue weighted by atomic mass is 19.1. The molecule has 1 aliphatic rings. The maximum absolute atomic E-state index is 14.4. The van der Waals surface area contributed by atoms with E-state index in [1.807, 2.05) is 0 Å². The molecule has 25 heavy (non-hydrogen) atoms. The van der Waals surface area contributed by atoms with Crippen molar-refractivity contribution in [1.29, 1.82) is 0 Å². The fraction of sp³-hybridized carbons (Fsp3) is 0.444. The fourth-order valence-electron chi connectivity index (χ4n) is 2.99. The summed E-state index contributed by atoms with van der Waals surface area (Å²) in [5.74, 6) is -0.161. The average Bonchev–Trinajstić information content (AvgIpc) is 3.21. The Morgan fingerprint density at radius 3 is 2.60 bits per heavy atom. The standard InChI is InChI=1S/C18H21FN2O4/c1-10-17(11(2)25-21-10)20-18(22)13-8-16(15(23-3)9-14(13)19)24-12-6-4-5-7-12/h8-9,12H,4-7H2,1-3H3,(H,20,22). The summed E-state index contributed by atoms with van der Waals surface area (Å²) in [6.07, 6.45) is 4.17. The van der Waals surface area contributed by atoms with Crippen LogP contribution in [0.3, 0.4) is 0 Å². The number of aromatic nitrogens is 1. The summed E-state index contributed by atoms with van der Waals surface area (Å²) in [5, 5.41) is 6.41. The first-order valence-corrected chi connectivity index (χ1v) is 8.28. The number of hydrogen-bond acceptors (Lipinski definition) is 5. The van der Waals surface area contributed by atoms with Gasteiger partial charge in [-0.05, 0) is 45.6 Å². The molecule has 0 unspecified atom stereocenters. The second-order valence-corrected chi connectivity index (χ2v) is 6.16. The fourth-order valence-corrected chi connectivity index (χ4v) is 2.99. The molecule has 0 atom stereocenters. The molecule has 2 aromatic rings. The Morgan fingerprint density at radius 1 is 1.28 bits per heavy atom. The number of carbonyl (C=O) groups excluding carboxylic acids is 1. The first-order chi connectivity index (χ1) is 12.0. The van der Waals surface area contributed by atoms with Gasteiger partial charge < -0.3 is 19.3 Å². The van der Waals surface area contributed by atoms with Crippen LogP contribution in [-0.4, -0.2) is 24.3 Å². The molecule has 6 nitrogen and oxygen atoms in total. The van der Waals surface area contributed by atoms with Crippen LogP contribution < -0.4 is 14.8 Å². The smallest absolute Gasteiger partial charge is 0.258 e. The van der Waals surface area contributed by atoms with Gasteiger partial charge in [-0.2, -0.15) is 0 Å². The van der Waals surface area contributed by atoms with Gasteiger partial charge in [-0.3, -0.25) is 4.79 Å². The number of benzene rings is 1. The van der Waals surface area contributed by atoms with E-state index in [0.29, 0.717) is 22.9 Å². The van der Waals surface area contributed by atoms with Gasteiger partial charge in [0.1, 0.15) is 17.2 Å². The van der Waals surface area contributed by atoms with E-state index < -0.39 is 11.7 Å². The number of hydrogen-bond donors (Lipinski definition) is 1. The molecule has 3 rings (SSSR count). The minimum absolute atomic E-state index is 0.0674. The molecule has 0 bridgehead atoms. The lowest BCUT2D eigenvalue weighted by Gasteiger charge is -2.17. The Morgan fingerprint density at radius 2 is 2.00 bits per heavy atom. The van der Waals surface area contributed by atoms with Crippen LogP contribution >= 0.6 is 0 Å². The van der Waals surface area contributed by atoms with Crippen molar-refractivity contribution in [2.24, 2.45) is 0 Å².